The summed E-state index contributed by atoms with van der Waals surface area (Å²) in [4.78, 5) is 25.4. The van der Waals surface area contributed by atoms with Gasteiger partial charge in [0.25, 0.3) is 0 Å². The minimum absolute atomic E-state index is 0.0646. The van der Waals surface area contributed by atoms with E-state index in [1.165, 1.54) is 23.9 Å². The molecular formula is C14H16FNO3S. The van der Waals surface area contributed by atoms with Crippen LogP contribution in [0.4, 0.5) is 4.39 Å². The molecule has 1 heterocycles. The second-order valence-electron chi connectivity index (χ2n) is 4.76. The van der Waals surface area contributed by atoms with Crippen LogP contribution in [0, 0.1) is 11.7 Å². The lowest BCUT2D eigenvalue weighted by molar-refractivity contribution is -0.145. The monoisotopic (exact) mass is 297 g/mol. The van der Waals surface area contributed by atoms with E-state index in [9.17, 15) is 14.0 Å². The van der Waals surface area contributed by atoms with Crippen molar-refractivity contribution in [1.29, 1.82) is 0 Å². The minimum Gasteiger partial charge on any atom is -0.481 e. The Morgan fingerprint density at radius 3 is 2.70 bits per heavy atom. The summed E-state index contributed by atoms with van der Waals surface area (Å²) in [7, 11) is 0. The Bertz CT molecular complexity index is 492. The zero-order valence-electron chi connectivity index (χ0n) is 10.9. The molecule has 1 aromatic rings. The van der Waals surface area contributed by atoms with Gasteiger partial charge in [-0.05, 0) is 37.1 Å². The predicted molar refractivity (Wildman–Crippen MR) is 74.1 cm³/mol. The number of amides is 1. The lowest BCUT2D eigenvalue weighted by Crippen LogP contribution is -2.43. The zero-order valence-corrected chi connectivity index (χ0v) is 11.7. The van der Waals surface area contributed by atoms with Crippen molar-refractivity contribution < 1.29 is 19.1 Å². The number of carbonyl (C=O) groups excluding carboxylic acids is 1. The Labute approximate surface area is 121 Å². The molecule has 108 valence electrons. The van der Waals surface area contributed by atoms with Crippen molar-refractivity contribution in [2.24, 2.45) is 5.92 Å². The number of carbonyl (C=O) groups is 2. The van der Waals surface area contributed by atoms with Crippen LogP contribution in [0.15, 0.2) is 29.2 Å². The predicted octanol–water partition coefficient (Wildman–Crippen LogP) is 2.24. The second kappa shape index (κ2) is 6.74. The summed E-state index contributed by atoms with van der Waals surface area (Å²) >= 11 is 1.34. The van der Waals surface area contributed by atoms with Gasteiger partial charge in [-0.25, -0.2) is 4.39 Å². The highest BCUT2D eigenvalue weighted by Gasteiger charge is 2.27. The molecule has 0 aromatic heterocycles. The van der Waals surface area contributed by atoms with Crippen LogP contribution in [0.1, 0.15) is 12.8 Å². The van der Waals surface area contributed by atoms with Crippen molar-refractivity contribution in [3.63, 3.8) is 0 Å². The van der Waals surface area contributed by atoms with Crippen LogP contribution in [-0.4, -0.2) is 40.7 Å². The van der Waals surface area contributed by atoms with Crippen LogP contribution in [-0.2, 0) is 9.59 Å². The number of hydrogen-bond acceptors (Lipinski definition) is 3. The van der Waals surface area contributed by atoms with Crippen molar-refractivity contribution in [2.45, 2.75) is 17.7 Å². The first kappa shape index (κ1) is 14.8. The fourth-order valence-corrected chi connectivity index (χ4v) is 2.97. The van der Waals surface area contributed by atoms with Crippen LogP contribution in [0.3, 0.4) is 0 Å². The van der Waals surface area contributed by atoms with E-state index in [0.717, 1.165) is 11.3 Å². The largest absolute Gasteiger partial charge is 0.481 e. The number of carboxylic acids is 1. The molecule has 1 amide bonds. The van der Waals surface area contributed by atoms with Gasteiger partial charge < -0.3 is 10.0 Å². The summed E-state index contributed by atoms with van der Waals surface area (Å²) < 4.78 is 12.8. The maximum absolute atomic E-state index is 12.8. The Hall–Kier alpha value is -1.56. The van der Waals surface area contributed by atoms with E-state index >= 15 is 0 Å². The molecule has 1 fully saturated rings. The lowest BCUT2D eigenvalue weighted by Gasteiger charge is -2.30. The van der Waals surface area contributed by atoms with E-state index in [-0.39, 0.29) is 24.0 Å². The third-order valence-corrected chi connectivity index (χ3v) is 4.30. The van der Waals surface area contributed by atoms with Crippen LogP contribution in [0.25, 0.3) is 0 Å². The van der Waals surface area contributed by atoms with Gasteiger partial charge in [0.15, 0.2) is 0 Å². The van der Waals surface area contributed by atoms with E-state index in [0.29, 0.717) is 13.0 Å². The first-order chi connectivity index (χ1) is 9.56. The Balaban J connectivity index is 1.85. The fraction of sp³-hybridized carbons (Fsp3) is 0.429. The minimum atomic E-state index is -0.839. The summed E-state index contributed by atoms with van der Waals surface area (Å²) in [6, 6.07) is 5.97. The second-order valence-corrected chi connectivity index (χ2v) is 5.81. The highest BCUT2D eigenvalue weighted by atomic mass is 32.2. The number of halogens is 1. The van der Waals surface area contributed by atoms with Crippen LogP contribution >= 0.6 is 11.8 Å². The standard InChI is InChI=1S/C14H16FNO3S/c15-11-3-5-12(6-4-11)20-9-13(17)16-7-1-2-10(8-16)14(18)19/h3-6,10H,1-2,7-9H2,(H,18,19)/t10-/m0/s1. The average Bonchev–Trinajstić information content (AvgIpc) is 2.46. The van der Waals surface area contributed by atoms with E-state index in [4.69, 9.17) is 5.11 Å². The molecule has 0 spiro atoms. The highest BCUT2D eigenvalue weighted by Crippen LogP contribution is 2.21. The van der Waals surface area contributed by atoms with Crippen molar-refractivity contribution >= 4 is 23.6 Å². The smallest absolute Gasteiger partial charge is 0.308 e. The lowest BCUT2D eigenvalue weighted by atomic mass is 9.98. The number of likely N-dealkylation sites (tertiary alicyclic amines) is 1. The van der Waals surface area contributed by atoms with Crippen LogP contribution in [0.2, 0.25) is 0 Å². The Kier molecular flexibility index (Phi) is 5.00. The van der Waals surface area contributed by atoms with E-state index < -0.39 is 11.9 Å². The molecule has 0 radical (unpaired) electrons. The van der Waals surface area contributed by atoms with Crippen molar-refractivity contribution in [2.75, 3.05) is 18.8 Å². The van der Waals surface area contributed by atoms with Gasteiger partial charge in [-0.15, -0.1) is 11.8 Å². The molecule has 0 unspecified atom stereocenters. The fourth-order valence-electron chi connectivity index (χ4n) is 2.17. The summed E-state index contributed by atoms with van der Waals surface area (Å²) in [5, 5.41) is 8.99. The number of carboxylic acid groups (broad SMARTS) is 1. The molecule has 1 aliphatic heterocycles. The number of nitrogens with zero attached hydrogens (tertiary/aromatic N) is 1. The molecule has 1 aliphatic rings. The topological polar surface area (TPSA) is 57.6 Å². The first-order valence-electron chi connectivity index (χ1n) is 6.45. The molecule has 1 atom stereocenters. The average molecular weight is 297 g/mol. The molecule has 0 saturated carbocycles. The third-order valence-electron chi connectivity index (χ3n) is 3.30. The molecule has 6 heteroatoms. The number of piperidine rings is 1. The summed E-state index contributed by atoms with van der Waals surface area (Å²) in [5.41, 5.74) is 0. The Morgan fingerprint density at radius 2 is 2.05 bits per heavy atom. The van der Waals surface area contributed by atoms with E-state index in [2.05, 4.69) is 0 Å². The number of aliphatic carboxylic acids is 1. The van der Waals surface area contributed by atoms with Crippen LogP contribution < -0.4 is 0 Å². The van der Waals surface area contributed by atoms with Crippen molar-refractivity contribution in [3.05, 3.63) is 30.1 Å². The SMILES string of the molecule is O=C(O)[C@H]1CCCN(C(=O)CSc2ccc(F)cc2)C1. The number of benzene rings is 1. The van der Waals surface area contributed by atoms with Crippen molar-refractivity contribution in [3.8, 4) is 0 Å². The first-order valence-corrected chi connectivity index (χ1v) is 7.44. The van der Waals surface area contributed by atoms with E-state index in [1.807, 2.05) is 0 Å². The molecule has 2 rings (SSSR count). The molecule has 1 N–H and O–H groups in total. The maximum Gasteiger partial charge on any atom is 0.308 e. The summed E-state index contributed by atoms with van der Waals surface area (Å²) in [5.74, 6) is -1.42. The molecule has 1 saturated heterocycles. The summed E-state index contributed by atoms with van der Waals surface area (Å²) in [6.45, 7) is 0.907. The molecule has 0 bridgehead atoms. The van der Waals surface area contributed by atoms with Gasteiger partial charge in [-0.3, -0.25) is 9.59 Å². The molecular weight excluding hydrogens is 281 g/mol. The van der Waals surface area contributed by atoms with Gasteiger partial charge in [0.05, 0.1) is 11.7 Å². The quantitative estimate of drug-likeness (QED) is 0.866. The van der Waals surface area contributed by atoms with E-state index in [1.54, 1.807) is 17.0 Å². The number of hydrogen-bond donors (Lipinski definition) is 1. The normalized spacial score (nSPS) is 18.9. The summed E-state index contributed by atoms with van der Waals surface area (Å²) in [6.07, 6.45) is 1.36. The zero-order chi connectivity index (χ0) is 14.5. The number of thioether (sulfide) groups is 1. The van der Waals surface area contributed by atoms with Crippen molar-refractivity contribution in [1.82, 2.24) is 4.90 Å². The van der Waals surface area contributed by atoms with Gasteiger partial charge in [-0.2, -0.15) is 0 Å². The molecule has 20 heavy (non-hydrogen) atoms. The molecule has 4 nitrogen and oxygen atoms in total. The Morgan fingerprint density at radius 1 is 1.35 bits per heavy atom. The van der Waals surface area contributed by atoms with Crippen LogP contribution in [0.5, 0.6) is 0 Å². The third kappa shape index (κ3) is 3.96. The van der Waals surface area contributed by atoms with Gasteiger partial charge in [0.1, 0.15) is 5.82 Å². The highest BCUT2D eigenvalue weighted by molar-refractivity contribution is 8.00. The molecule has 0 aliphatic carbocycles. The van der Waals surface area contributed by atoms with Gasteiger partial charge in [0.2, 0.25) is 5.91 Å². The number of rotatable bonds is 4. The van der Waals surface area contributed by atoms with Gasteiger partial charge in [-0.1, -0.05) is 0 Å². The van der Waals surface area contributed by atoms with Gasteiger partial charge >= 0.3 is 5.97 Å². The maximum atomic E-state index is 12.8. The molecule has 1 aromatic carbocycles. The van der Waals surface area contributed by atoms with Gasteiger partial charge in [0, 0.05) is 18.0 Å².